The first-order valence-corrected chi connectivity index (χ1v) is 14.0. The second-order valence-corrected chi connectivity index (χ2v) is 11.6. The number of benzene rings is 1. The van der Waals surface area contributed by atoms with Crippen molar-refractivity contribution in [3.63, 3.8) is 0 Å². The van der Waals surface area contributed by atoms with Crippen LogP contribution in [0.1, 0.15) is 53.8 Å². The molecule has 6 rings (SSSR count). The summed E-state index contributed by atoms with van der Waals surface area (Å²) in [6.45, 7) is 2.72. The van der Waals surface area contributed by atoms with Gasteiger partial charge in [-0.2, -0.15) is 0 Å². The highest BCUT2D eigenvalue weighted by atomic mass is 32.2. The van der Waals surface area contributed by atoms with E-state index in [1.165, 1.54) is 6.07 Å². The fraction of sp³-hybridized carbons (Fsp3) is 0.370. The lowest BCUT2D eigenvalue weighted by Gasteiger charge is -2.18. The van der Waals surface area contributed by atoms with Crippen LogP contribution in [0, 0.1) is 18.7 Å². The van der Waals surface area contributed by atoms with Crippen molar-refractivity contribution in [1.29, 1.82) is 0 Å². The molecule has 0 radical (unpaired) electrons. The van der Waals surface area contributed by atoms with Crippen LogP contribution in [0.25, 0.3) is 5.57 Å². The molecular weight excluding hydrogens is 479 g/mol. The van der Waals surface area contributed by atoms with Crippen molar-refractivity contribution in [2.45, 2.75) is 51.3 Å². The van der Waals surface area contributed by atoms with Crippen LogP contribution in [-0.4, -0.2) is 32.1 Å². The summed E-state index contributed by atoms with van der Waals surface area (Å²) in [6.07, 6.45) is 7.04. The van der Waals surface area contributed by atoms with Gasteiger partial charge in [-0.15, -0.1) is 0 Å². The third-order valence-electron chi connectivity index (χ3n) is 7.29. The summed E-state index contributed by atoms with van der Waals surface area (Å²) in [5.41, 5.74) is 5.01. The lowest BCUT2D eigenvalue weighted by atomic mass is 9.90. The van der Waals surface area contributed by atoms with Gasteiger partial charge >= 0.3 is 0 Å². The minimum absolute atomic E-state index is 0.125. The van der Waals surface area contributed by atoms with Gasteiger partial charge in [-0.25, -0.2) is 22.8 Å². The van der Waals surface area contributed by atoms with Gasteiger partial charge in [-0.05, 0) is 55.9 Å². The minimum atomic E-state index is -3.65. The number of hydrogen-bond donors (Lipinski definition) is 1. The van der Waals surface area contributed by atoms with E-state index in [4.69, 9.17) is 9.73 Å². The molecule has 1 unspecified atom stereocenters. The summed E-state index contributed by atoms with van der Waals surface area (Å²) in [5.74, 6) is 1.16. The van der Waals surface area contributed by atoms with E-state index in [9.17, 15) is 12.8 Å². The Labute approximate surface area is 209 Å². The monoisotopic (exact) mass is 506 g/mol. The van der Waals surface area contributed by atoms with E-state index in [0.717, 1.165) is 46.8 Å². The number of ether oxygens (including phenoxy) is 1. The first-order chi connectivity index (χ1) is 17.4. The van der Waals surface area contributed by atoms with Crippen LogP contribution in [0.5, 0.6) is 5.75 Å². The van der Waals surface area contributed by atoms with Crippen molar-refractivity contribution in [3.05, 3.63) is 75.0 Å². The van der Waals surface area contributed by atoms with E-state index in [2.05, 4.69) is 15.3 Å². The highest BCUT2D eigenvalue weighted by Crippen LogP contribution is 2.41. The van der Waals surface area contributed by atoms with Gasteiger partial charge in [0.15, 0.2) is 5.03 Å². The van der Waals surface area contributed by atoms with Gasteiger partial charge < -0.3 is 10.1 Å². The van der Waals surface area contributed by atoms with Gasteiger partial charge in [-0.3, -0.25) is 4.98 Å². The van der Waals surface area contributed by atoms with Crippen molar-refractivity contribution >= 4 is 27.5 Å². The highest BCUT2D eigenvalue weighted by molar-refractivity contribution is 7.94. The standard InChI is InChI=1S/C27H27FN4O3S/c1-16-2-5-18-21-13-29-26(30-14-22-19-10-11-35-25(19)8-7-23(22)28)9-4-17-3-6-20(21)27(31-12-17)36(33,34)15-24(18)32-16/h2,5,7-8,12-13,17H,3-4,6,9-11,14-15H2,1H3,(H,29,30)/b21-13-. The first kappa shape index (κ1) is 23.1. The largest absolute Gasteiger partial charge is 0.493 e. The number of nitrogens with zero attached hydrogens (tertiary/aromatic N) is 3. The van der Waals surface area contributed by atoms with Gasteiger partial charge in [0.25, 0.3) is 0 Å². The normalized spacial score (nSPS) is 24.9. The fourth-order valence-corrected chi connectivity index (χ4v) is 6.91. The molecule has 186 valence electrons. The Hall–Kier alpha value is -3.33. The molecule has 0 fully saturated rings. The zero-order valence-electron chi connectivity index (χ0n) is 20.1. The van der Waals surface area contributed by atoms with Crippen LogP contribution in [0.4, 0.5) is 4.39 Å². The number of halogens is 1. The number of rotatable bonds is 2. The summed E-state index contributed by atoms with van der Waals surface area (Å²) in [6, 6.07) is 6.95. The SMILES string of the molecule is Cc1ccc2c(n1)CS(=O)(=O)C1=C3CCC(C=N1)CC/C(NCc1c(F)ccc4c1CCO4)=N\C=C/32. The van der Waals surface area contributed by atoms with Crippen molar-refractivity contribution in [2.75, 3.05) is 6.61 Å². The molecule has 2 bridgehead atoms. The smallest absolute Gasteiger partial charge is 0.201 e. The van der Waals surface area contributed by atoms with Crippen LogP contribution >= 0.6 is 0 Å². The molecule has 1 aromatic carbocycles. The van der Waals surface area contributed by atoms with E-state index >= 15 is 0 Å². The Morgan fingerprint density at radius 3 is 2.89 bits per heavy atom. The number of fused-ring (bicyclic) bond motifs is 5. The average molecular weight is 507 g/mol. The molecule has 0 amide bonds. The van der Waals surface area contributed by atoms with Gasteiger partial charge in [0, 0.05) is 59.8 Å². The molecule has 1 atom stereocenters. The number of hydrogen-bond acceptors (Lipinski definition) is 7. The molecule has 4 aliphatic heterocycles. The molecule has 0 aliphatic carbocycles. The number of aliphatic imine (C=N–C) groups is 2. The Kier molecular flexibility index (Phi) is 5.75. The Bertz CT molecular complexity index is 1490. The molecule has 1 N–H and O–H groups in total. The molecule has 2 aromatic rings. The molecule has 0 saturated carbocycles. The van der Waals surface area contributed by atoms with Crippen LogP contribution in [0.3, 0.4) is 0 Å². The van der Waals surface area contributed by atoms with Crippen LogP contribution < -0.4 is 10.1 Å². The average Bonchev–Trinajstić information content (AvgIpc) is 3.16. The molecule has 4 aliphatic rings. The fourth-order valence-electron chi connectivity index (χ4n) is 5.38. The minimum Gasteiger partial charge on any atom is -0.493 e. The van der Waals surface area contributed by atoms with Gasteiger partial charge in [0.2, 0.25) is 9.84 Å². The summed E-state index contributed by atoms with van der Waals surface area (Å²) < 4.78 is 47.0. The number of pyridine rings is 1. The van der Waals surface area contributed by atoms with E-state index in [1.54, 1.807) is 18.5 Å². The van der Waals surface area contributed by atoms with E-state index < -0.39 is 9.84 Å². The summed E-state index contributed by atoms with van der Waals surface area (Å²) in [4.78, 5) is 13.9. The zero-order valence-corrected chi connectivity index (χ0v) is 20.9. The number of sulfone groups is 1. The first-order valence-electron chi connectivity index (χ1n) is 12.3. The Morgan fingerprint density at radius 2 is 2.00 bits per heavy atom. The number of aryl methyl sites for hydroxylation is 1. The van der Waals surface area contributed by atoms with Crippen LogP contribution in [0.2, 0.25) is 0 Å². The molecule has 7 nitrogen and oxygen atoms in total. The predicted octanol–water partition coefficient (Wildman–Crippen LogP) is 4.41. The molecule has 0 saturated heterocycles. The van der Waals surface area contributed by atoms with Crippen molar-refractivity contribution in [2.24, 2.45) is 15.9 Å². The molecule has 5 heterocycles. The third-order valence-corrected chi connectivity index (χ3v) is 8.88. The topological polar surface area (TPSA) is 93.0 Å². The zero-order chi connectivity index (χ0) is 24.9. The van der Waals surface area contributed by atoms with Gasteiger partial charge in [0.05, 0.1) is 18.1 Å². The Morgan fingerprint density at radius 1 is 1.14 bits per heavy atom. The summed E-state index contributed by atoms with van der Waals surface area (Å²) >= 11 is 0. The molecule has 1 aromatic heterocycles. The molecule has 0 spiro atoms. The maximum atomic E-state index is 14.7. The number of amidine groups is 1. The van der Waals surface area contributed by atoms with Gasteiger partial charge in [0.1, 0.15) is 17.4 Å². The van der Waals surface area contributed by atoms with E-state index in [0.29, 0.717) is 49.2 Å². The molecule has 36 heavy (non-hydrogen) atoms. The number of allylic oxidation sites excluding steroid dienone is 2. The van der Waals surface area contributed by atoms with Crippen molar-refractivity contribution < 1.29 is 17.5 Å². The van der Waals surface area contributed by atoms with E-state index in [-0.39, 0.29) is 22.5 Å². The van der Waals surface area contributed by atoms with Gasteiger partial charge in [-0.1, -0.05) is 6.07 Å². The predicted molar refractivity (Wildman–Crippen MR) is 137 cm³/mol. The highest BCUT2D eigenvalue weighted by Gasteiger charge is 2.33. The summed E-state index contributed by atoms with van der Waals surface area (Å²) in [7, 11) is -3.65. The summed E-state index contributed by atoms with van der Waals surface area (Å²) in [5, 5.41) is 3.50. The quantitative estimate of drug-likeness (QED) is 0.652. The van der Waals surface area contributed by atoms with Crippen LogP contribution in [-0.2, 0) is 28.6 Å². The maximum absolute atomic E-state index is 14.7. The van der Waals surface area contributed by atoms with E-state index in [1.807, 2.05) is 19.1 Å². The lowest BCUT2D eigenvalue weighted by molar-refractivity contribution is 0.356. The molecular formula is C27H27FN4O3S. The van der Waals surface area contributed by atoms with Crippen molar-refractivity contribution in [3.8, 4) is 5.75 Å². The number of aromatic nitrogens is 1. The number of nitrogens with one attached hydrogen (secondary N) is 1. The maximum Gasteiger partial charge on any atom is 0.201 e. The Balaban J connectivity index is 1.43. The second kappa shape index (κ2) is 8.96. The lowest BCUT2D eigenvalue weighted by Crippen LogP contribution is -2.25. The van der Waals surface area contributed by atoms with Crippen molar-refractivity contribution in [1.82, 2.24) is 10.3 Å². The van der Waals surface area contributed by atoms with Crippen LogP contribution in [0.15, 0.2) is 51.1 Å². The second-order valence-electron chi connectivity index (χ2n) is 9.68. The third kappa shape index (κ3) is 4.15. The molecule has 9 heteroatoms.